The van der Waals surface area contributed by atoms with Gasteiger partial charge in [0.2, 0.25) is 0 Å². The topological polar surface area (TPSA) is 66.9 Å². The number of H-pyrrole nitrogens is 1. The van der Waals surface area contributed by atoms with Crippen LogP contribution in [0.3, 0.4) is 0 Å². The van der Waals surface area contributed by atoms with E-state index in [1.165, 1.54) is 5.56 Å². The average molecular weight is 641 g/mol. The number of aromatic amines is 1. The number of benzene rings is 5. The molecule has 0 bridgehead atoms. The largest absolute Gasteiger partial charge is 0.497 e. The number of hydrogen-bond donors (Lipinski definition) is 1. The van der Waals surface area contributed by atoms with E-state index in [4.69, 9.17) is 23.7 Å². The second kappa shape index (κ2) is 12.9. The van der Waals surface area contributed by atoms with Crippen molar-refractivity contribution in [3.8, 4) is 51.0 Å². The number of methoxy groups -OCH3 is 4. The van der Waals surface area contributed by atoms with E-state index in [0.717, 1.165) is 96.7 Å². The van der Waals surface area contributed by atoms with E-state index in [-0.39, 0.29) is 6.10 Å². The Balaban J connectivity index is 1.59. The van der Waals surface area contributed by atoms with Crippen LogP contribution in [-0.4, -0.2) is 44.1 Å². The highest BCUT2D eigenvalue weighted by molar-refractivity contribution is 6.29. The van der Waals surface area contributed by atoms with Gasteiger partial charge >= 0.3 is 0 Å². The number of ether oxygens (including phenoxy) is 5. The van der Waals surface area contributed by atoms with E-state index in [1.807, 2.05) is 56.3 Å². The Morgan fingerprint density at radius 1 is 0.646 bits per heavy atom. The van der Waals surface area contributed by atoms with Crippen molar-refractivity contribution in [2.24, 2.45) is 0 Å². The Kier molecular flexibility index (Phi) is 8.36. The van der Waals surface area contributed by atoms with Gasteiger partial charge in [0, 0.05) is 34.5 Å². The van der Waals surface area contributed by atoms with Crippen LogP contribution in [0.25, 0.3) is 55.0 Å². The predicted octanol–water partition coefficient (Wildman–Crippen LogP) is 9.67. The molecule has 7 heteroatoms. The number of nitrogens with one attached hydrogen (secondary N) is 1. The van der Waals surface area contributed by atoms with Gasteiger partial charge in [-0.25, -0.2) is 0 Å². The minimum absolute atomic E-state index is 0.0210. The zero-order valence-corrected chi connectivity index (χ0v) is 28.2. The molecule has 0 saturated heterocycles. The van der Waals surface area contributed by atoms with Crippen molar-refractivity contribution < 1.29 is 23.7 Å². The van der Waals surface area contributed by atoms with Gasteiger partial charge in [-0.1, -0.05) is 48.5 Å². The lowest BCUT2D eigenvalue weighted by Crippen LogP contribution is -2.05. The van der Waals surface area contributed by atoms with E-state index in [9.17, 15) is 0 Å². The molecule has 0 atom stereocenters. The molecule has 0 saturated carbocycles. The minimum atomic E-state index is 0.0210. The Morgan fingerprint density at radius 2 is 1.25 bits per heavy atom. The first-order chi connectivity index (χ1) is 23.4. The fourth-order valence-electron chi connectivity index (χ4n) is 6.72. The molecular weight excluding hydrogens is 600 g/mol. The van der Waals surface area contributed by atoms with Gasteiger partial charge in [-0.3, -0.25) is 0 Å². The molecule has 0 aliphatic rings. The van der Waals surface area contributed by atoms with Crippen LogP contribution in [-0.2, 0) is 13.0 Å². The van der Waals surface area contributed by atoms with E-state index in [2.05, 4.69) is 64.3 Å². The van der Waals surface area contributed by atoms with E-state index in [0.29, 0.717) is 0 Å². The van der Waals surface area contributed by atoms with Crippen LogP contribution in [0.2, 0.25) is 0 Å². The van der Waals surface area contributed by atoms with Crippen molar-refractivity contribution in [3.05, 3.63) is 103 Å². The number of para-hydroxylation sites is 1. The second-order valence-corrected chi connectivity index (χ2v) is 12.1. The van der Waals surface area contributed by atoms with Crippen molar-refractivity contribution in [2.75, 3.05) is 28.4 Å². The number of rotatable bonds is 11. The normalized spacial score (nSPS) is 11.5. The lowest BCUT2D eigenvalue weighted by molar-refractivity contribution is 0.245. The number of nitrogens with zero attached hydrogens (tertiary/aromatic N) is 1. The van der Waals surface area contributed by atoms with Gasteiger partial charge < -0.3 is 33.2 Å². The highest BCUT2D eigenvalue weighted by Crippen LogP contribution is 2.51. The maximum Gasteiger partial charge on any atom is 0.152 e. The first-order valence-corrected chi connectivity index (χ1v) is 16.2. The molecule has 0 amide bonds. The van der Waals surface area contributed by atoms with Crippen LogP contribution in [0.15, 0.2) is 97.2 Å². The van der Waals surface area contributed by atoms with Crippen molar-refractivity contribution in [1.82, 2.24) is 9.55 Å². The smallest absolute Gasteiger partial charge is 0.152 e. The number of aromatic nitrogens is 2. The maximum atomic E-state index is 6.37. The summed E-state index contributed by atoms with van der Waals surface area (Å²) in [4.78, 5) is 3.76. The monoisotopic (exact) mass is 640 g/mol. The molecule has 0 radical (unpaired) electrons. The quantitative estimate of drug-likeness (QED) is 0.153. The van der Waals surface area contributed by atoms with Gasteiger partial charge in [0.15, 0.2) is 5.75 Å². The van der Waals surface area contributed by atoms with Crippen LogP contribution in [0, 0.1) is 0 Å². The fourth-order valence-corrected chi connectivity index (χ4v) is 6.72. The average Bonchev–Trinajstić information content (AvgIpc) is 3.69. The lowest BCUT2D eigenvalue weighted by Gasteiger charge is -2.16. The number of hydrogen-bond acceptors (Lipinski definition) is 5. The molecule has 0 fully saturated rings. The summed E-state index contributed by atoms with van der Waals surface area (Å²) >= 11 is 0. The highest BCUT2D eigenvalue weighted by atomic mass is 16.5. The van der Waals surface area contributed by atoms with Crippen molar-refractivity contribution >= 4 is 32.7 Å². The molecule has 7 nitrogen and oxygen atoms in total. The van der Waals surface area contributed by atoms with Crippen molar-refractivity contribution in [2.45, 2.75) is 32.9 Å². The maximum absolute atomic E-state index is 6.37. The number of fused-ring (bicyclic) bond motifs is 5. The Labute approximate surface area is 280 Å². The zero-order chi connectivity index (χ0) is 33.4. The molecule has 0 aliphatic heterocycles. The Hall–Kier alpha value is -5.56. The molecule has 2 heterocycles. The van der Waals surface area contributed by atoms with Gasteiger partial charge in [0.1, 0.15) is 23.0 Å². The molecule has 2 aromatic heterocycles. The minimum Gasteiger partial charge on any atom is -0.497 e. The third-order valence-corrected chi connectivity index (χ3v) is 8.96. The van der Waals surface area contributed by atoms with E-state index in [1.54, 1.807) is 28.4 Å². The first-order valence-electron chi connectivity index (χ1n) is 16.2. The van der Waals surface area contributed by atoms with Crippen molar-refractivity contribution in [1.29, 1.82) is 0 Å². The summed E-state index contributed by atoms with van der Waals surface area (Å²) in [5.41, 5.74) is 8.45. The van der Waals surface area contributed by atoms with Crippen LogP contribution in [0.4, 0.5) is 0 Å². The second-order valence-electron chi connectivity index (χ2n) is 12.1. The van der Waals surface area contributed by atoms with E-state index >= 15 is 0 Å². The first kappa shape index (κ1) is 31.1. The number of aryl methyl sites for hydroxylation is 2. The Morgan fingerprint density at radius 3 is 1.83 bits per heavy atom. The van der Waals surface area contributed by atoms with Crippen LogP contribution in [0.5, 0.6) is 28.7 Å². The summed E-state index contributed by atoms with van der Waals surface area (Å²) in [6, 6.07) is 31.1. The molecule has 7 aromatic rings. The molecular formula is C41H40N2O5. The Bertz CT molecular complexity index is 2210. The van der Waals surface area contributed by atoms with Crippen LogP contribution < -0.4 is 23.7 Å². The van der Waals surface area contributed by atoms with E-state index < -0.39 is 0 Å². The molecule has 1 N–H and O–H groups in total. The van der Waals surface area contributed by atoms with Gasteiger partial charge in [0.25, 0.3) is 0 Å². The standard InChI is InChI=1S/C41H40N2O5/c1-25(2)48-34-9-7-8-32-36-37-33(27-12-18-30(45-4)19-13-27)24-43(23-22-26-10-16-29(44-3)17-11-26)40(37)35(28-14-20-31(46-5)21-15-28)41(47-6)39(36)42-38(32)34/h7-21,24-25,42H,22-23H2,1-6H3. The third kappa shape index (κ3) is 5.45. The summed E-state index contributed by atoms with van der Waals surface area (Å²) in [7, 11) is 6.82. The highest BCUT2D eigenvalue weighted by Gasteiger charge is 2.27. The third-order valence-electron chi connectivity index (χ3n) is 8.96. The van der Waals surface area contributed by atoms with Gasteiger partial charge in [0.05, 0.1) is 56.7 Å². The molecule has 48 heavy (non-hydrogen) atoms. The lowest BCUT2D eigenvalue weighted by atomic mass is 9.94. The van der Waals surface area contributed by atoms with Crippen molar-refractivity contribution in [3.63, 3.8) is 0 Å². The van der Waals surface area contributed by atoms with Gasteiger partial charge in [-0.2, -0.15) is 0 Å². The van der Waals surface area contributed by atoms with Crippen LogP contribution in [0.1, 0.15) is 19.4 Å². The summed E-state index contributed by atoms with van der Waals surface area (Å²) in [5.74, 6) is 4.05. The predicted molar refractivity (Wildman–Crippen MR) is 194 cm³/mol. The zero-order valence-electron chi connectivity index (χ0n) is 28.2. The summed E-state index contributed by atoms with van der Waals surface area (Å²) in [6.07, 6.45) is 3.14. The summed E-state index contributed by atoms with van der Waals surface area (Å²) < 4.78 is 31.6. The molecule has 0 aliphatic carbocycles. The summed E-state index contributed by atoms with van der Waals surface area (Å²) in [5, 5.41) is 3.32. The van der Waals surface area contributed by atoms with Gasteiger partial charge in [-0.15, -0.1) is 0 Å². The SMILES string of the molecule is COc1ccc(CCn2cc(-c3ccc(OC)cc3)c3c4c([nH]c5c(OC(C)C)cccc54)c(OC)c(-c4ccc(OC)cc4)c32)cc1. The molecule has 0 unspecified atom stereocenters. The van der Waals surface area contributed by atoms with Crippen LogP contribution >= 0.6 is 0 Å². The summed E-state index contributed by atoms with van der Waals surface area (Å²) in [6.45, 7) is 4.85. The molecule has 5 aromatic carbocycles. The fraction of sp³-hybridized carbons (Fsp3) is 0.220. The molecule has 0 spiro atoms. The van der Waals surface area contributed by atoms with Gasteiger partial charge in [-0.05, 0) is 79.4 Å². The molecule has 7 rings (SSSR count). The molecule has 244 valence electrons.